The summed E-state index contributed by atoms with van der Waals surface area (Å²) in [5, 5.41) is 0. The fraction of sp³-hybridized carbons (Fsp3) is 0.290. The Balaban J connectivity index is 1.40. The maximum Gasteiger partial charge on any atom is 0.119 e. The van der Waals surface area contributed by atoms with Gasteiger partial charge in [-0.1, -0.05) is 62.9 Å². The Bertz CT molecular complexity index is 1130. The Kier molecular flexibility index (Phi) is 8.45. The van der Waals surface area contributed by atoms with Gasteiger partial charge in [-0.25, -0.2) is 0 Å². The molecule has 34 heavy (non-hydrogen) atoms. The van der Waals surface area contributed by atoms with Crippen molar-refractivity contribution in [1.82, 2.24) is 4.57 Å². The van der Waals surface area contributed by atoms with E-state index < -0.39 is 0 Å². The molecule has 1 aromatic heterocycles. The van der Waals surface area contributed by atoms with Gasteiger partial charge in [0.1, 0.15) is 18.1 Å². The highest BCUT2D eigenvalue weighted by atomic mass is 16.5. The van der Waals surface area contributed by atoms with Crippen molar-refractivity contribution in [3.8, 4) is 28.4 Å². The van der Waals surface area contributed by atoms with E-state index in [1.807, 2.05) is 30.3 Å². The van der Waals surface area contributed by atoms with E-state index in [9.17, 15) is 0 Å². The fourth-order valence-corrected chi connectivity index (χ4v) is 4.16. The molecule has 0 saturated heterocycles. The predicted molar refractivity (Wildman–Crippen MR) is 141 cm³/mol. The second-order valence-corrected chi connectivity index (χ2v) is 8.75. The Morgan fingerprint density at radius 2 is 1.32 bits per heavy atom. The summed E-state index contributed by atoms with van der Waals surface area (Å²) in [5.74, 6) is 1.81. The lowest BCUT2D eigenvalue weighted by Crippen LogP contribution is -2.01. The summed E-state index contributed by atoms with van der Waals surface area (Å²) < 4.78 is 14.2. The molecule has 0 saturated carbocycles. The third-order valence-corrected chi connectivity index (χ3v) is 6.09. The summed E-state index contributed by atoms with van der Waals surface area (Å²) in [7, 11) is 0. The van der Waals surface area contributed by atoms with Gasteiger partial charge in [0.25, 0.3) is 0 Å². The molecule has 0 amide bonds. The molecule has 4 rings (SSSR count). The zero-order valence-corrected chi connectivity index (χ0v) is 20.4. The van der Waals surface area contributed by atoms with Gasteiger partial charge in [0.15, 0.2) is 0 Å². The van der Waals surface area contributed by atoms with Crippen molar-refractivity contribution in [2.24, 2.45) is 0 Å². The van der Waals surface area contributed by atoms with Gasteiger partial charge in [-0.3, -0.25) is 0 Å². The van der Waals surface area contributed by atoms with Gasteiger partial charge in [-0.05, 0) is 85.1 Å². The average molecular weight is 454 g/mol. The van der Waals surface area contributed by atoms with Crippen LogP contribution in [0.5, 0.6) is 11.5 Å². The molecule has 0 aliphatic rings. The Morgan fingerprint density at radius 3 is 2.06 bits per heavy atom. The van der Waals surface area contributed by atoms with Gasteiger partial charge in [0, 0.05) is 11.4 Å². The fourth-order valence-electron chi connectivity index (χ4n) is 4.16. The number of nitrogens with zero attached hydrogens (tertiary/aromatic N) is 1. The molecular weight excluding hydrogens is 418 g/mol. The lowest BCUT2D eigenvalue weighted by atomic mass is 10.1. The van der Waals surface area contributed by atoms with Crippen LogP contribution in [0.4, 0.5) is 0 Å². The Labute approximate surface area is 204 Å². The van der Waals surface area contributed by atoms with Crippen molar-refractivity contribution < 1.29 is 9.47 Å². The summed E-state index contributed by atoms with van der Waals surface area (Å²) in [4.78, 5) is 0. The maximum absolute atomic E-state index is 5.95. The number of unbranched alkanes of at least 4 members (excludes halogenated alkanes) is 4. The second-order valence-electron chi connectivity index (χ2n) is 8.75. The SMILES string of the molecule is CCCCCCCOc1ccc(-n2c(C)ccc2-c2ccc(OCc3ccccc3)cc2)cc1. The van der Waals surface area contributed by atoms with E-state index in [0.717, 1.165) is 41.5 Å². The van der Waals surface area contributed by atoms with Crippen LogP contribution < -0.4 is 9.47 Å². The monoisotopic (exact) mass is 453 g/mol. The predicted octanol–water partition coefficient (Wildman–Crippen LogP) is 8.38. The number of aromatic nitrogens is 1. The molecule has 0 N–H and O–H groups in total. The smallest absolute Gasteiger partial charge is 0.119 e. The van der Waals surface area contributed by atoms with E-state index in [-0.39, 0.29) is 0 Å². The molecule has 0 aliphatic carbocycles. The van der Waals surface area contributed by atoms with E-state index in [1.54, 1.807) is 0 Å². The van der Waals surface area contributed by atoms with Crippen LogP contribution in [-0.2, 0) is 6.61 Å². The summed E-state index contributed by atoms with van der Waals surface area (Å²) in [6, 6.07) is 31.3. The minimum absolute atomic E-state index is 0.572. The minimum Gasteiger partial charge on any atom is -0.494 e. The minimum atomic E-state index is 0.572. The molecule has 1 heterocycles. The molecule has 4 aromatic rings. The first kappa shape index (κ1) is 23.7. The van der Waals surface area contributed by atoms with Crippen LogP contribution in [0.2, 0.25) is 0 Å². The molecule has 0 aliphatic heterocycles. The highest BCUT2D eigenvalue weighted by Gasteiger charge is 2.10. The quantitative estimate of drug-likeness (QED) is 0.201. The topological polar surface area (TPSA) is 23.4 Å². The summed E-state index contributed by atoms with van der Waals surface area (Å²) >= 11 is 0. The van der Waals surface area contributed by atoms with Crippen molar-refractivity contribution in [3.63, 3.8) is 0 Å². The molecule has 0 radical (unpaired) electrons. The van der Waals surface area contributed by atoms with Gasteiger partial charge >= 0.3 is 0 Å². The van der Waals surface area contributed by atoms with Crippen LogP contribution in [0.25, 0.3) is 16.9 Å². The third kappa shape index (κ3) is 6.32. The highest BCUT2D eigenvalue weighted by molar-refractivity contribution is 5.65. The molecule has 0 spiro atoms. The van der Waals surface area contributed by atoms with E-state index in [2.05, 4.69) is 79.1 Å². The van der Waals surface area contributed by atoms with Crippen LogP contribution in [0.1, 0.15) is 50.3 Å². The lowest BCUT2D eigenvalue weighted by molar-refractivity contribution is 0.304. The largest absolute Gasteiger partial charge is 0.494 e. The van der Waals surface area contributed by atoms with Crippen LogP contribution >= 0.6 is 0 Å². The van der Waals surface area contributed by atoms with E-state index in [4.69, 9.17) is 9.47 Å². The first-order valence-corrected chi connectivity index (χ1v) is 12.4. The van der Waals surface area contributed by atoms with Gasteiger partial charge in [0.05, 0.1) is 12.3 Å². The molecule has 3 heteroatoms. The van der Waals surface area contributed by atoms with Crippen LogP contribution in [0, 0.1) is 6.92 Å². The summed E-state index contributed by atoms with van der Waals surface area (Å²) in [6.45, 7) is 5.74. The highest BCUT2D eigenvalue weighted by Crippen LogP contribution is 2.29. The van der Waals surface area contributed by atoms with Gasteiger partial charge in [0.2, 0.25) is 0 Å². The normalized spacial score (nSPS) is 10.9. The molecular formula is C31H35NO2. The number of hydrogen-bond donors (Lipinski definition) is 0. The van der Waals surface area contributed by atoms with E-state index in [0.29, 0.717) is 6.61 Å². The number of hydrogen-bond acceptors (Lipinski definition) is 2. The van der Waals surface area contributed by atoms with Crippen molar-refractivity contribution in [2.75, 3.05) is 6.61 Å². The van der Waals surface area contributed by atoms with Gasteiger partial charge in [-0.2, -0.15) is 0 Å². The molecule has 0 unspecified atom stereocenters. The Morgan fingerprint density at radius 1 is 0.647 bits per heavy atom. The van der Waals surface area contributed by atoms with Crippen molar-refractivity contribution in [2.45, 2.75) is 52.6 Å². The number of rotatable bonds is 12. The zero-order chi connectivity index (χ0) is 23.6. The third-order valence-electron chi connectivity index (χ3n) is 6.09. The number of benzene rings is 3. The van der Waals surface area contributed by atoms with Crippen LogP contribution in [0.15, 0.2) is 91.0 Å². The summed E-state index contributed by atoms with van der Waals surface area (Å²) in [6.07, 6.45) is 6.25. The van der Waals surface area contributed by atoms with Crippen LogP contribution in [0.3, 0.4) is 0 Å². The average Bonchev–Trinajstić information content (AvgIpc) is 3.27. The van der Waals surface area contributed by atoms with Crippen LogP contribution in [-0.4, -0.2) is 11.2 Å². The first-order valence-electron chi connectivity index (χ1n) is 12.4. The second kappa shape index (κ2) is 12.1. The van der Waals surface area contributed by atoms with Crippen molar-refractivity contribution in [3.05, 3.63) is 102 Å². The molecule has 0 fully saturated rings. The lowest BCUT2D eigenvalue weighted by Gasteiger charge is -2.14. The number of ether oxygens (including phenoxy) is 2. The van der Waals surface area contributed by atoms with Crippen molar-refractivity contribution in [1.29, 1.82) is 0 Å². The molecule has 0 bridgehead atoms. The zero-order valence-electron chi connectivity index (χ0n) is 20.4. The molecule has 3 aromatic carbocycles. The van der Waals surface area contributed by atoms with Gasteiger partial charge in [-0.15, -0.1) is 0 Å². The molecule has 0 atom stereocenters. The number of aryl methyl sites for hydroxylation is 1. The van der Waals surface area contributed by atoms with E-state index in [1.165, 1.54) is 36.9 Å². The first-order chi connectivity index (χ1) is 16.7. The van der Waals surface area contributed by atoms with E-state index >= 15 is 0 Å². The van der Waals surface area contributed by atoms with Gasteiger partial charge < -0.3 is 14.0 Å². The maximum atomic E-state index is 5.95. The molecule has 3 nitrogen and oxygen atoms in total. The van der Waals surface area contributed by atoms with Crippen molar-refractivity contribution >= 4 is 0 Å². The Hall–Kier alpha value is -3.46. The summed E-state index contributed by atoms with van der Waals surface area (Å²) in [5.41, 5.74) is 5.82. The molecule has 176 valence electrons. The standard InChI is InChI=1S/C31H35NO2/c1-3-4-5-6-10-23-33-29-20-16-28(17-21-29)32-25(2)13-22-31(32)27-14-18-30(19-15-27)34-24-26-11-8-7-9-12-26/h7-9,11-22H,3-6,10,23-24H2,1-2H3.